The summed E-state index contributed by atoms with van der Waals surface area (Å²) < 4.78 is 0. The van der Waals surface area contributed by atoms with Crippen molar-refractivity contribution in [2.75, 3.05) is 11.9 Å². The van der Waals surface area contributed by atoms with E-state index in [1.165, 1.54) is 24.2 Å². The summed E-state index contributed by atoms with van der Waals surface area (Å²) in [6, 6.07) is 0.312. The molecule has 2 aliphatic carbocycles. The smallest absolute Gasteiger partial charge is 0.231 e. The molecule has 2 amide bonds. The number of rotatable bonds is 3. The number of Topliss-reactive ketones (excluding diaryl/α,β-unsaturated/α-hetero) is 1. The minimum absolute atomic E-state index is 0.0842. The number of hydrogen-bond acceptors (Lipinski definition) is 5. The monoisotopic (exact) mass is 375 g/mol. The van der Waals surface area contributed by atoms with E-state index in [2.05, 4.69) is 24.1 Å². The van der Waals surface area contributed by atoms with Gasteiger partial charge in [-0.05, 0) is 24.7 Å². The van der Waals surface area contributed by atoms with Crippen LogP contribution in [-0.4, -0.2) is 40.1 Å². The van der Waals surface area contributed by atoms with Gasteiger partial charge in [0.2, 0.25) is 11.8 Å². The number of thiazole rings is 1. The van der Waals surface area contributed by atoms with Crippen molar-refractivity contribution in [3.8, 4) is 0 Å². The first-order valence-corrected chi connectivity index (χ1v) is 10.3. The van der Waals surface area contributed by atoms with Crippen LogP contribution < -0.4 is 5.32 Å². The second kappa shape index (κ2) is 6.44. The zero-order valence-corrected chi connectivity index (χ0v) is 16.2. The number of ketones is 1. The van der Waals surface area contributed by atoms with Gasteiger partial charge in [-0.1, -0.05) is 38.0 Å². The minimum Gasteiger partial charge on any atom is -0.339 e. The number of carbonyl (C=O) groups is 3. The van der Waals surface area contributed by atoms with E-state index in [-0.39, 0.29) is 35.4 Å². The van der Waals surface area contributed by atoms with Crippen LogP contribution in [0, 0.1) is 11.3 Å². The van der Waals surface area contributed by atoms with E-state index >= 15 is 0 Å². The molecule has 26 heavy (non-hydrogen) atoms. The van der Waals surface area contributed by atoms with Crippen molar-refractivity contribution in [1.29, 1.82) is 0 Å². The summed E-state index contributed by atoms with van der Waals surface area (Å²) >= 11 is 1.27. The molecule has 1 aliphatic heterocycles. The zero-order valence-electron chi connectivity index (χ0n) is 15.3. The maximum Gasteiger partial charge on any atom is 0.231 e. The van der Waals surface area contributed by atoms with Crippen LogP contribution in [0.25, 0.3) is 0 Å². The van der Waals surface area contributed by atoms with Crippen molar-refractivity contribution in [1.82, 2.24) is 9.88 Å². The van der Waals surface area contributed by atoms with Crippen molar-refractivity contribution < 1.29 is 14.4 Å². The highest BCUT2D eigenvalue weighted by Gasteiger charge is 2.39. The highest BCUT2D eigenvalue weighted by Crippen LogP contribution is 2.38. The van der Waals surface area contributed by atoms with E-state index in [0.717, 1.165) is 25.0 Å². The number of hydrogen-bond donors (Lipinski definition) is 1. The number of likely N-dealkylation sites (tertiary alicyclic amines) is 1. The molecule has 7 heteroatoms. The lowest BCUT2D eigenvalue weighted by atomic mass is 9.78. The standard InChI is InChI=1S/C19H25N3O3S/c1-19(2)8-13-16(14(23)9-19)26-18(20-13)21-17(25)11-7-15(24)22(10-11)12-5-3-4-6-12/h11-12H,3-10H2,1-2H3,(H,20,21,25)/t11-/m1/s1. The second-order valence-electron chi connectivity index (χ2n) is 8.61. The summed E-state index contributed by atoms with van der Waals surface area (Å²) in [5.74, 6) is -0.280. The van der Waals surface area contributed by atoms with Crippen molar-refractivity contribution in [3.05, 3.63) is 10.6 Å². The Balaban J connectivity index is 1.43. The van der Waals surface area contributed by atoms with E-state index in [1.807, 2.05) is 4.90 Å². The Morgan fingerprint density at radius 2 is 1.96 bits per heavy atom. The van der Waals surface area contributed by atoms with Gasteiger partial charge in [-0.25, -0.2) is 4.98 Å². The van der Waals surface area contributed by atoms with Crippen LogP contribution in [-0.2, 0) is 16.0 Å². The molecule has 0 spiro atoms. The molecule has 2 heterocycles. The fourth-order valence-electron chi connectivity index (χ4n) is 4.46. The predicted octanol–water partition coefficient (Wildman–Crippen LogP) is 3.03. The molecule has 1 atom stereocenters. The number of carbonyl (C=O) groups excluding carboxylic acids is 3. The van der Waals surface area contributed by atoms with Crippen molar-refractivity contribution in [2.24, 2.45) is 11.3 Å². The summed E-state index contributed by atoms with van der Waals surface area (Å²) in [7, 11) is 0. The quantitative estimate of drug-likeness (QED) is 0.881. The van der Waals surface area contributed by atoms with Gasteiger partial charge in [-0.3, -0.25) is 14.4 Å². The van der Waals surface area contributed by atoms with Crippen LogP contribution in [0.1, 0.15) is 67.7 Å². The minimum atomic E-state index is -0.323. The molecule has 140 valence electrons. The summed E-state index contributed by atoms with van der Waals surface area (Å²) in [5, 5.41) is 3.34. The molecule has 0 unspecified atom stereocenters. The summed E-state index contributed by atoms with van der Waals surface area (Å²) in [6.45, 7) is 4.63. The Morgan fingerprint density at radius 3 is 2.69 bits per heavy atom. The molecule has 0 aromatic carbocycles. The number of amides is 2. The average Bonchev–Trinajstić information content (AvgIpc) is 3.25. The summed E-state index contributed by atoms with van der Waals surface area (Å²) in [4.78, 5) is 44.3. The Bertz CT molecular complexity index is 764. The maximum absolute atomic E-state index is 12.6. The van der Waals surface area contributed by atoms with Gasteiger partial charge in [0.1, 0.15) is 0 Å². The lowest BCUT2D eigenvalue weighted by molar-refractivity contribution is -0.129. The molecule has 1 aromatic heterocycles. The van der Waals surface area contributed by atoms with Gasteiger partial charge >= 0.3 is 0 Å². The number of nitrogens with zero attached hydrogens (tertiary/aromatic N) is 2. The summed E-state index contributed by atoms with van der Waals surface area (Å²) in [6.07, 6.45) is 5.98. The predicted molar refractivity (Wildman–Crippen MR) is 99.3 cm³/mol. The van der Waals surface area contributed by atoms with Crippen LogP contribution in [0.4, 0.5) is 5.13 Å². The molecule has 1 aromatic rings. The molecular formula is C19H25N3O3S. The van der Waals surface area contributed by atoms with E-state index in [0.29, 0.717) is 29.0 Å². The summed E-state index contributed by atoms with van der Waals surface area (Å²) in [5.41, 5.74) is 0.709. The fourth-order valence-corrected chi connectivity index (χ4v) is 5.38. The Kier molecular flexibility index (Phi) is 4.37. The number of anilines is 1. The average molecular weight is 375 g/mol. The van der Waals surface area contributed by atoms with Crippen molar-refractivity contribution in [2.45, 2.75) is 64.8 Å². The Labute approximate surface area is 157 Å². The molecule has 1 saturated carbocycles. The molecule has 1 N–H and O–H groups in total. The van der Waals surface area contributed by atoms with Gasteiger partial charge in [0.15, 0.2) is 10.9 Å². The topological polar surface area (TPSA) is 79.4 Å². The van der Waals surface area contributed by atoms with Gasteiger partial charge < -0.3 is 10.2 Å². The lowest BCUT2D eigenvalue weighted by Gasteiger charge is -2.26. The van der Waals surface area contributed by atoms with Crippen molar-refractivity contribution >= 4 is 34.1 Å². The normalized spacial score (nSPS) is 25.6. The van der Waals surface area contributed by atoms with Crippen LogP contribution >= 0.6 is 11.3 Å². The van der Waals surface area contributed by atoms with Gasteiger partial charge in [0, 0.05) is 25.4 Å². The van der Waals surface area contributed by atoms with Crippen molar-refractivity contribution in [3.63, 3.8) is 0 Å². The number of nitrogens with one attached hydrogen (secondary N) is 1. The molecule has 3 aliphatic rings. The van der Waals surface area contributed by atoms with Gasteiger partial charge in [0.25, 0.3) is 0 Å². The first-order chi connectivity index (χ1) is 12.3. The molecular weight excluding hydrogens is 350 g/mol. The molecule has 1 saturated heterocycles. The van der Waals surface area contributed by atoms with Crippen LogP contribution in [0.5, 0.6) is 0 Å². The highest BCUT2D eigenvalue weighted by atomic mass is 32.1. The van der Waals surface area contributed by atoms with Crippen LogP contribution in [0.2, 0.25) is 0 Å². The van der Waals surface area contributed by atoms with Crippen LogP contribution in [0.15, 0.2) is 0 Å². The van der Waals surface area contributed by atoms with E-state index < -0.39 is 0 Å². The third kappa shape index (κ3) is 3.29. The largest absolute Gasteiger partial charge is 0.339 e. The SMILES string of the molecule is CC1(C)CC(=O)c2sc(NC(=O)[C@@H]3CC(=O)N(C4CCCC4)C3)nc2C1. The highest BCUT2D eigenvalue weighted by molar-refractivity contribution is 7.17. The maximum atomic E-state index is 12.6. The lowest BCUT2D eigenvalue weighted by Crippen LogP contribution is -2.35. The fraction of sp³-hybridized carbons (Fsp3) is 0.684. The molecule has 6 nitrogen and oxygen atoms in total. The van der Waals surface area contributed by atoms with Gasteiger partial charge in [-0.15, -0.1) is 0 Å². The molecule has 4 rings (SSSR count). The molecule has 2 fully saturated rings. The zero-order chi connectivity index (χ0) is 18.5. The second-order valence-corrected chi connectivity index (χ2v) is 9.61. The molecule has 0 radical (unpaired) electrons. The Morgan fingerprint density at radius 1 is 1.23 bits per heavy atom. The molecule has 0 bridgehead atoms. The van der Waals surface area contributed by atoms with Crippen LogP contribution in [0.3, 0.4) is 0 Å². The number of fused-ring (bicyclic) bond motifs is 1. The first-order valence-electron chi connectivity index (χ1n) is 9.46. The first kappa shape index (κ1) is 17.6. The third-order valence-electron chi connectivity index (χ3n) is 5.76. The van der Waals surface area contributed by atoms with E-state index in [9.17, 15) is 14.4 Å². The Hall–Kier alpha value is -1.76. The van der Waals surface area contributed by atoms with E-state index in [4.69, 9.17) is 0 Å². The van der Waals surface area contributed by atoms with Gasteiger partial charge in [-0.2, -0.15) is 0 Å². The van der Waals surface area contributed by atoms with E-state index in [1.54, 1.807) is 0 Å². The van der Waals surface area contributed by atoms with Gasteiger partial charge in [0.05, 0.1) is 16.5 Å². The third-order valence-corrected chi connectivity index (χ3v) is 6.81. The number of aromatic nitrogens is 1.